The van der Waals surface area contributed by atoms with E-state index in [9.17, 15) is 10.1 Å². The molecule has 0 aromatic heterocycles. The predicted molar refractivity (Wildman–Crippen MR) is 68.7 cm³/mol. The summed E-state index contributed by atoms with van der Waals surface area (Å²) in [5.41, 5.74) is 1.78. The maximum absolute atomic E-state index is 10.8. The highest BCUT2D eigenvalue weighted by Crippen LogP contribution is 2.30. The molecule has 92 valence electrons. The first kappa shape index (κ1) is 11.7. The summed E-state index contributed by atoms with van der Waals surface area (Å²) in [5, 5.41) is 13.7. The minimum atomic E-state index is -0.355. The standard InChI is InChI=1S/C12H17N3O2/c1-13-11-9-10(5-6-12(11)15(16)17)14-7-3-2-4-8-14/h5-6,9,13H,2-4,7-8H2,1H3. The lowest BCUT2D eigenvalue weighted by atomic mass is 10.1. The van der Waals surface area contributed by atoms with Crippen molar-refractivity contribution in [2.24, 2.45) is 0 Å². The molecule has 5 nitrogen and oxygen atoms in total. The van der Waals surface area contributed by atoms with Crippen molar-refractivity contribution in [1.82, 2.24) is 0 Å². The van der Waals surface area contributed by atoms with Crippen LogP contribution < -0.4 is 10.2 Å². The van der Waals surface area contributed by atoms with Crippen LogP contribution in [0.2, 0.25) is 0 Å². The molecule has 0 atom stereocenters. The zero-order valence-electron chi connectivity index (χ0n) is 9.98. The van der Waals surface area contributed by atoms with Gasteiger partial charge in [0.2, 0.25) is 0 Å². The fourth-order valence-corrected chi connectivity index (χ4v) is 2.23. The summed E-state index contributed by atoms with van der Waals surface area (Å²) in [6, 6.07) is 5.28. The van der Waals surface area contributed by atoms with E-state index in [-0.39, 0.29) is 10.6 Å². The normalized spacial score (nSPS) is 15.7. The zero-order valence-corrected chi connectivity index (χ0v) is 9.98. The van der Waals surface area contributed by atoms with E-state index in [1.807, 2.05) is 12.1 Å². The average Bonchev–Trinajstić information content (AvgIpc) is 2.39. The molecule has 1 N–H and O–H groups in total. The Balaban J connectivity index is 2.27. The number of nitro groups is 1. The topological polar surface area (TPSA) is 58.4 Å². The number of benzene rings is 1. The summed E-state index contributed by atoms with van der Waals surface area (Å²) < 4.78 is 0. The number of nitrogens with zero attached hydrogens (tertiary/aromatic N) is 2. The Labute approximate surface area is 101 Å². The van der Waals surface area contributed by atoms with Crippen molar-refractivity contribution in [3.8, 4) is 0 Å². The molecule has 17 heavy (non-hydrogen) atoms. The molecule has 1 aromatic rings. The molecule has 1 saturated heterocycles. The maximum Gasteiger partial charge on any atom is 0.292 e. The molecule has 5 heteroatoms. The number of piperidine rings is 1. The molecule has 1 aliphatic heterocycles. The van der Waals surface area contributed by atoms with Crippen LogP contribution in [0, 0.1) is 10.1 Å². The predicted octanol–water partition coefficient (Wildman–Crippen LogP) is 2.63. The van der Waals surface area contributed by atoms with Gasteiger partial charge < -0.3 is 10.2 Å². The van der Waals surface area contributed by atoms with Crippen LogP contribution in [0.25, 0.3) is 0 Å². The van der Waals surface area contributed by atoms with Gasteiger partial charge in [0.1, 0.15) is 5.69 Å². The number of nitro benzene ring substituents is 1. The quantitative estimate of drug-likeness (QED) is 0.646. The summed E-state index contributed by atoms with van der Waals surface area (Å²) in [6.45, 7) is 2.09. The Morgan fingerprint density at radius 2 is 2.00 bits per heavy atom. The summed E-state index contributed by atoms with van der Waals surface area (Å²) >= 11 is 0. The Morgan fingerprint density at radius 3 is 2.59 bits per heavy atom. The van der Waals surface area contributed by atoms with Crippen LogP contribution in [0.3, 0.4) is 0 Å². The lowest BCUT2D eigenvalue weighted by molar-refractivity contribution is -0.383. The van der Waals surface area contributed by atoms with E-state index in [0.717, 1.165) is 18.8 Å². The van der Waals surface area contributed by atoms with Crippen molar-refractivity contribution < 1.29 is 4.92 Å². The lowest BCUT2D eigenvalue weighted by Crippen LogP contribution is -2.29. The number of hydrogen-bond acceptors (Lipinski definition) is 4. The fourth-order valence-electron chi connectivity index (χ4n) is 2.23. The molecule has 0 spiro atoms. The highest BCUT2D eigenvalue weighted by molar-refractivity contribution is 5.68. The van der Waals surface area contributed by atoms with Crippen LogP contribution in [0.15, 0.2) is 18.2 Å². The smallest absolute Gasteiger partial charge is 0.292 e. The minimum absolute atomic E-state index is 0.133. The number of anilines is 2. The van der Waals surface area contributed by atoms with Crippen LogP contribution in [0.4, 0.5) is 17.1 Å². The highest BCUT2D eigenvalue weighted by atomic mass is 16.6. The van der Waals surface area contributed by atoms with Gasteiger partial charge in [-0.1, -0.05) is 0 Å². The summed E-state index contributed by atoms with van der Waals surface area (Å²) in [5.74, 6) is 0. The van der Waals surface area contributed by atoms with Crippen molar-refractivity contribution in [3.05, 3.63) is 28.3 Å². The van der Waals surface area contributed by atoms with Crippen molar-refractivity contribution >= 4 is 17.1 Å². The van der Waals surface area contributed by atoms with Crippen LogP contribution in [0.5, 0.6) is 0 Å². The number of nitrogens with one attached hydrogen (secondary N) is 1. The van der Waals surface area contributed by atoms with E-state index in [4.69, 9.17) is 0 Å². The molecule has 0 aliphatic carbocycles. The number of rotatable bonds is 3. The van der Waals surface area contributed by atoms with Crippen LogP contribution in [-0.2, 0) is 0 Å². The summed E-state index contributed by atoms with van der Waals surface area (Å²) in [4.78, 5) is 12.8. The first-order chi connectivity index (χ1) is 8.22. The molecule has 0 unspecified atom stereocenters. The Bertz CT molecular complexity index is 414. The van der Waals surface area contributed by atoms with E-state index in [2.05, 4.69) is 10.2 Å². The molecular formula is C12H17N3O2. The van der Waals surface area contributed by atoms with Gasteiger partial charge in [0.05, 0.1) is 4.92 Å². The van der Waals surface area contributed by atoms with Gasteiger partial charge in [0, 0.05) is 31.9 Å². The molecule has 0 radical (unpaired) electrons. The van der Waals surface area contributed by atoms with E-state index in [1.54, 1.807) is 13.1 Å². The van der Waals surface area contributed by atoms with Gasteiger partial charge in [-0.3, -0.25) is 10.1 Å². The Hall–Kier alpha value is -1.78. The highest BCUT2D eigenvalue weighted by Gasteiger charge is 2.16. The van der Waals surface area contributed by atoms with Crippen molar-refractivity contribution in [2.45, 2.75) is 19.3 Å². The van der Waals surface area contributed by atoms with Crippen molar-refractivity contribution in [2.75, 3.05) is 30.4 Å². The van der Waals surface area contributed by atoms with Gasteiger partial charge in [-0.05, 0) is 31.4 Å². The second-order valence-corrected chi connectivity index (χ2v) is 4.26. The molecule has 0 bridgehead atoms. The summed E-state index contributed by atoms with van der Waals surface area (Å²) in [7, 11) is 1.71. The molecule has 1 aliphatic rings. The first-order valence-corrected chi connectivity index (χ1v) is 5.93. The third kappa shape index (κ3) is 2.49. The molecule has 0 amide bonds. The van der Waals surface area contributed by atoms with E-state index < -0.39 is 0 Å². The third-order valence-corrected chi connectivity index (χ3v) is 3.17. The Kier molecular flexibility index (Phi) is 3.46. The Morgan fingerprint density at radius 1 is 1.29 bits per heavy atom. The summed E-state index contributed by atoms with van der Waals surface area (Å²) in [6.07, 6.45) is 3.68. The van der Waals surface area contributed by atoms with Crippen LogP contribution >= 0.6 is 0 Å². The van der Waals surface area contributed by atoms with Crippen molar-refractivity contribution in [3.63, 3.8) is 0 Å². The molecule has 1 aromatic carbocycles. The maximum atomic E-state index is 10.8. The van der Waals surface area contributed by atoms with E-state index in [1.165, 1.54) is 19.3 Å². The average molecular weight is 235 g/mol. The van der Waals surface area contributed by atoms with Gasteiger partial charge >= 0.3 is 0 Å². The lowest BCUT2D eigenvalue weighted by Gasteiger charge is -2.29. The SMILES string of the molecule is CNc1cc(N2CCCCC2)ccc1[N+](=O)[O-]. The number of hydrogen-bond donors (Lipinski definition) is 1. The fraction of sp³-hybridized carbons (Fsp3) is 0.500. The molecule has 0 saturated carbocycles. The first-order valence-electron chi connectivity index (χ1n) is 5.93. The van der Waals surface area contributed by atoms with Crippen LogP contribution in [0.1, 0.15) is 19.3 Å². The van der Waals surface area contributed by atoms with E-state index in [0.29, 0.717) is 5.69 Å². The van der Waals surface area contributed by atoms with Gasteiger partial charge in [-0.15, -0.1) is 0 Å². The van der Waals surface area contributed by atoms with Gasteiger partial charge in [0.15, 0.2) is 0 Å². The zero-order chi connectivity index (χ0) is 12.3. The van der Waals surface area contributed by atoms with Gasteiger partial charge in [-0.25, -0.2) is 0 Å². The third-order valence-electron chi connectivity index (χ3n) is 3.17. The van der Waals surface area contributed by atoms with Gasteiger partial charge in [0.25, 0.3) is 5.69 Å². The molecule has 1 heterocycles. The second kappa shape index (κ2) is 5.03. The van der Waals surface area contributed by atoms with Crippen LogP contribution in [-0.4, -0.2) is 25.1 Å². The van der Waals surface area contributed by atoms with Gasteiger partial charge in [-0.2, -0.15) is 0 Å². The minimum Gasteiger partial charge on any atom is -0.383 e. The van der Waals surface area contributed by atoms with Crippen molar-refractivity contribution in [1.29, 1.82) is 0 Å². The largest absolute Gasteiger partial charge is 0.383 e. The molecule has 2 rings (SSSR count). The molecular weight excluding hydrogens is 218 g/mol. The monoisotopic (exact) mass is 235 g/mol. The second-order valence-electron chi connectivity index (χ2n) is 4.26. The van der Waals surface area contributed by atoms with E-state index >= 15 is 0 Å². The molecule has 1 fully saturated rings.